The van der Waals surface area contributed by atoms with Crippen molar-refractivity contribution in [3.63, 3.8) is 0 Å². The van der Waals surface area contributed by atoms with Gasteiger partial charge in [0.2, 0.25) is 0 Å². The summed E-state index contributed by atoms with van der Waals surface area (Å²) in [5.74, 6) is 1.67. The van der Waals surface area contributed by atoms with Crippen LogP contribution in [-0.2, 0) is 11.3 Å². The molecule has 0 bridgehead atoms. The second kappa shape index (κ2) is 6.71. The van der Waals surface area contributed by atoms with Gasteiger partial charge in [-0.1, -0.05) is 0 Å². The molecular formula is C14H17NO3. The summed E-state index contributed by atoms with van der Waals surface area (Å²) in [4.78, 5) is 0. The first-order valence-corrected chi connectivity index (χ1v) is 5.93. The van der Waals surface area contributed by atoms with Gasteiger partial charge in [-0.15, -0.1) is 0 Å². The Morgan fingerprint density at radius 3 is 2.61 bits per heavy atom. The number of nitrogen functional groups attached to an aromatic ring is 1. The molecule has 96 valence electrons. The van der Waals surface area contributed by atoms with E-state index in [0.29, 0.717) is 19.8 Å². The highest BCUT2D eigenvalue weighted by Gasteiger charge is 1.96. The number of hydrogen-bond acceptors (Lipinski definition) is 4. The molecule has 0 saturated heterocycles. The number of anilines is 1. The number of hydrogen-bond donors (Lipinski definition) is 1. The fraction of sp³-hybridized carbons (Fsp3) is 0.286. The molecule has 0 saturated carbocycles. The Balaban J connectivity index is 1.55. The van der Waals surface area contributed by atoms with Gasteiger partial charge in [-0.3, -0.25) is 0 Å². The molecule has 4 heteroatoms. The summed E-state index contributed by atoms with van der Waals surface area (Å²) in [6.45, 7) is 1.78. The third kappa shape index (κ3) is 4.14. The van der Waals surface area contributed by atoms with E-state index < -0.39 is 0 Å². The molecule has 18 heavy (non-hydrogen) atoms. The third-order valence-electron chi connectivity index (χ3n) is 2.41. The highest BCUT2D eigenvalue weighted by molar-refractivity contribution is 5.41. The molecule has 2 N–H and O–H groups in total. The Morgan fingerprint density at radius 1 is 1.06 bits per heavy atom. The zero-order chi connectivity index (χ0) is 12.6. The van der Waals surface area contributed by atoms with Crippen LogP contribution < -0.4 is 10.5 Å². The second-order valence-electron chi connectivity index (χ2n) is 3.90. The van der Waals surface area contributed by atoms with Gasteiger partial charge in [0.1, 0.15) is 18.1 Å². The average molecular weight is 247 g/mol. The summed E-state index contributed by atoms with van der Waals surface area (Å²) in [5.41, 5.74) is 6.32. The quantitative estimate of drug-likeness (QED) is 0.603. The number of furan rings is 1. The summed E-state index contributed by atoms with van der Waals surface area (Å²) in [6, 6.07) is 11.1. The molecular weight excluding hydrogens is 230 g/mol. The molecule has 0 aliphatic heterocycles. The maximum absolute atomic E-state index is 5.58. The zero-order valence-electron chi connectivity index (χ0n) is 10.2. The van der Waals surface area contributed by atoms with Crippen molar-refractivity contribution < 1.29 is 13.9 Å². The molecule has 1 aromatic carbocycles. The van der Waals surface area contributed by atoms with Crippen molar-refractivity contribution in [1.29, 1.82) is 0 Å². The lowest BCUT2D eigenvalue weighted by Gasteiger charge is -2.06. The molecule has 0 amide bonds. The smallest absolute Gasteiger partial charge is 0.129 e. The summed E-state index contributed by atoms with van der Waals surface area (Å²) >= 11 is 0. The minimum absolute atomic E-state index is 0.509. The Labute approximate surface area is 106 Å². The van der Waals surface area contributed by atoms with E-state index in [0.717, 1.165) is 23.6 Å². The SMILES string of the molecule is Nc1ccc(OCCCOCc2ccco2)cc1. The molecule has 4 nitrogen and oxygen atoms in total. The molecule has 0 radical (unpaired) electrons. The summed E-state index contributed by atoms with van der Waals surface area (Å²) in [5, 5.41) is 0. The third-order valence-corrected chi connectivity index (χ3v) is 2.41. The van der Waals surface area contributed by atoms with Crippen LogP contribution in [0.4, 0.5) is 5.69 Å². The van der Waals surface area contributed by atoms with Gasteiger partial charge in [0.25, 0.3) is 0 Å². The van der Waals surface area contributed by atoms with E-state index in [2.05, 4.69) is 0 Å². The van der Waals surface area contributed by atoms with Crippen molar-refractivity contribution in [3.05, 3.63) is 48.4 Å². The first-order chi connectivity index (χ1) is 8.84. The summed E-state index contributed by atoms with van der Waals surface area (Å²) < 4.78 is 16.1. The van der Waals surface area contributed by atoms with Crippen molar-refractivity contribution in [2.24, 2.45) is 0 Å². The molecule has 2 rings (SSSR count). The van der Waals surface area contributed by atoms with Crippen LogP contribution >= 0.6 is 0 Å². The van der Waals surface area contributed by atoms with Crippen molar-refractivity contribution in [1.82, 2.24) is 0 Å². The average Bonchev–Trinajstić information content (AvgIpc) is 2.89. The van der Waals surface area contributed by atoms with E-state index in [1.807, 2.05) is 36.4 Å². The van der Waals surface area contributed by atoms with Crippen LogP contribution in [0.15, 0.2) is 47.1 Å². The lowest BCUT2D eigenvalue weighted by molar-refractivity contribution is 0.0944. The molecule has 0 aliphatic rings. The Hall–Kier alpha value is -1.94. The fourth-order valence-electron chi connectivity index (χ4n) is 1.48. The molecule has 0 fully saturated rings. The van der Waals surface area contributed by atoms with Gasteiger partial charge < -0.3 is 19.6 Å². The molecule has 1 aromatic heterocycles. The minimum atomic E-state index is 0.509. The normalized spacial score (nSPS) is 10.4. The molecule has 2 aromatic rings. The first-order valence-electron chi connectivity index (χ1n) is 5.93. The highest BCUT2D eigenvalue weighted by Crippen LogP contribution is 2.13. The molecule has 1 heterocycles. The van der Waals surface area contributed by atoms with E-state index in [1.54, 1.807) is 6.26 Å². The second-order valence-corrected chi connectivity index (χ2v) is 3.90. The monoisotopic (exact) mass is 247 g/mol. The van der Waals surface area contributed by atoms with Crippen molar-refractivity contribution >= 4 is 5.69 Å². The van der Waals surface area contributed by atoms with Gasteiger partial charge in [0.15, 0.2) is 0 Å². The zero-order valence-corrected chi connectivity index (χ0v) is 10.2. The largest absolute Gasteiger partial charge is 0.494 e. The van der Waals surface area contributed by atoms with Crippen LogP contribution in [0.2, 0.25) is 0 Å². The van der Waals surface area contributed by atoms with Crippen LogP contribution in [0.5, 0.6) is 5.75 Å². The van der Waals surface area contributed by atoms with Gasteiger partial charge >= 0.3 is 0 Å². The van der Waals surface area contributed by atoms with Crippen molar-refractivity contribution in [2.75, 3.05) is 18.9 Å². The maximum Gasteiger partial charge on any atom is 0.129 e. The molecule has 0 spiro atoms. The first kappa shape index (κ1) is 12.5. The molecule has 0 aliphatic carbocycles. The summed E-state index contributed by atoms with van der Waals surface area (Å²) in [6.07, 6.45) is 2.48. The van der Waals surface area contributed by atoms with Gasteiger partial charge in [0.05, 0.1) is 19.5 Å². The molecule has 0 atom stereocenters. The lowest BCUT2D eigenvalue weighted by atomic mass is 10.3. The van der Waals surface area contributed by atoms with Crippen LogP contribution in [0.3, 0.4) is 0 Å². The standard InChI is InChI=1S/C14H17NO3/c15-12-4-6-13(7-5-12)17-10-2-8-16-11-14-3-1-9-18-14/h1,3-7,9H,2,8,10-11,15H2. The van der Waals surface area contributed by atoms with Gasteiger partial charge in [-0.25, -0.2) is 0 Å². The van der Waals surface area contributed by atoms with Crippen LogP contribution in [0.1, 0.15) is 12.2 Å². The van der Waals surface area contributed by atoms with Crippen molar-refractivity contribution in [3.8, 4) is 5.75 Å². The van der Waals surface area contributed by atoms with Gasteiger partial charge in [-0.05, 0) is 36.4 Å². The number of ether oxygens (including phenoxy) is 2. The minimum Gasteiger partial charge on any atom is -0.494 e. The fourth-order valence-corrected chi connectivity index (χ4v) is 1.48. The number of nitrogens with two attached hydrogens (primary N) is 1. The Bertz CT molecular complexity index is 437. The lowest BCUT2D eigenvalue weighted by Crippen LogP contribution is -2.03. The van der Waals surface area contributed by atoms with Crippen LogP contribution in [0, 0.1) is 0 Å². The van der Waals surface area contributed by atoms with E-state index in [1.165, 1.54) is 0 Å². The van der Waals surface area contributed by atoms with E-state index >= 15 is 0 Å². The highest BCUT2D eigenvalue weighted by atomic mass is 16.5. The van der Waals surface area contributed by atoms with E-state index in [4.69, 9.17) is 19.6 Å². The topological polar surface area (TPSA) is 57.6 Å². The Kier molecular flexibility index (Phi) is 4.67. The number of benzene rings is 1. The maximum atomic E-state index is 5.58. The van der Waals surface area contributed by atoms with Gasteiger partial charge in [-0.2, -0.15) is 0 Å². The Morgan fingerprint density at radius 2 is 1.89 bits per heavy atom. The predicted octanol–water partition coefficient (Wildman–Crippen LogP) is 2.85. The molecule has 0 unspecified atom stereocenters. The van der Waals surface area contributed by atoms with E-state index in [-0.39, 0.29) is 0 Å². The van der Waals surface area contributed by atoms with Crippen LogP contribution in [-0.4, -0.2) is 13.2 Å². The van der Waals surface area contributed by atoms with Crippen LogP contribution in [0.25, 0.3) is 0 Å². The number of rotatable bonds is 7. The van der Waals surface area contributed by atoms with E-state index in [9.17, 15) is 0 Å². The van der Waals surface area contributed by atoms with Crippen molar-refractivity contribution in [2.45, 2.75) is 13.0 Å². The van der Waals surface area contributed by atoms with Gasteiger partial charge in [0, 0.05) is 12.1 Å². The predicted molar refractivity (Wildman–Crippen MR) is 69.3 cm³/mol. The summed E-state index contributed by atoms with van der Waals surface area (Å²) in [7, 11) is 0.